The number of carbonyl (C=O) groups excluding carboxylic acids is 1. The maximum Gasteiger partial charge on any atom is 0.181 e. The number of nitrogens with two attached hydrogens (primary N) is 1. The number of rotatable bonds is 2. The van der Waals surface area contributed by atoms with Crippen molar-refractivity contribution in [2.24, 2.45) is 17.1 Å². The molecule has 0 radical (unpaired) electrons. The van der Waals surface area contributed by atoms with E-state index < -0.39 is 0 Å². The van der Waals surface area contributed by atoms with Crippen LogP contribution < -0.4 is 5.73 Å². The summed E-state index contributed by atoms with van der Waals surface area (Å²) in [6, 6.07) is 0. The fourth-order valence-electron chi connectivity index (χ4n) is 1.85. The minimum atomic E-state index is 0.0182. The van der Waals surface area contributed by atoms with Crippen LogP contribution in [-0.2, 0) is 4.79 Å². The second-order valence-corrected chi connectivity index (χ2v) is 4.17. The molecule has 0 bridgehead atoms. The van der Waals surface area contributed by atoms with Crippen LogP contribution in [0.15, 0.2) is 24.3 Å². The average molecular weight is 179 g/mol. The van der Waals surface area contributed by atoms with Gasteiger partial charge in [-0.3, -0.25) is 4.79 Å². The van der Waals surface area contributed by atoms with Crippen molar-refractivity contribution >= 4 is 5.78 Å². The molecule has 0 spiro atoms. The average Bonchev–Trinajstić information content (AvgIpc) is 2.07. The molecular weight excluding hydrogens is 162 g/mol. The molecule has 0 fully saturated rings. The van der Waals surface area contributed by atoms with Gasteiger partial charge in [0, 0.05) is 0 Å². The molecule has 0 aromatic rings. The van der Waals surface area contributed by atoms with Gasteiger partial charge in [0.1, 0.15) is 0 Å². The van der Waals surface area contributed by atoms with Crippen LogP contribution in [0.1, 0.15) is 20.3 Å². The smallest absolute Gasteiger partial charge is 0.181 e. The fraction of sp³-hybridized carbons (Fsp3) is 0.545. The van der Waals surface area contributed by atoms with Gasteiger partial charge < -0.3 is 5.73 Å². The monoisotopic (exact) mass is 179 g/mol. The summed E-state index contributed by atoms with van der Waals surface area (Å²) in [5, 5.41) is 0. The third-order valence-electron chi connectivity index (χ3n) is 2.75. The van der Waals surface area contributed by atoms with E-state index in [2.05, 4.69) is 20.4 Å². The minimum absolute atomic E-state index is 0.0182. The van der Waals surface area contributed by atoms with Gasteiger partial charge in [-0.15, -0.1) is 0 Å². The summed E-state index contributed by atoms with van der Waals surface area (Å²) >= 11 is 0. The summed E-state index contributed by atoms with van der Waals surface area (Å²) in [5.74, 6) is 0.257. The molecule has 2 heteroatoms. The Morgan fingerprint density at radius 3 is 2.77 bits per heavy atom. The lowest BCUT2D eigenvalue weighted by Gasteiger charge is -2.35. The van der Waals surface area contributed by atoms with E-state index in [9.17, 15) is 4.79 Å². The maximum absolute atomic E-state index is 11.3. The van der Waals surface area contributed by atoms with Crippen molar-refractivity contribution in [3.63, 3.8) is 0 Å². The van der Waals surface area contributed by atoms with E-state index in [0.717, 1.165) is 6.42 Å². The van der Waals surface area contributed by atoms with Crippen LogP contribution in [0.3, 0.4) is 0 Å². The quantitative estimate of drug-likeness (QED) is 0.655. The third kappa shape index (κ3) is 1.89. The van der Waals surface area contributed by atoms with Crippen molar-refractivity contribution in [3.8, 4) is 0 Å². The molecule has 2 N–H and O–H groups in total. The summed E-state index contributed by atoms with van der Waals surface area (Å²) < 4.78 is 0. The Balaban J connectivity index is 2.95. The Kier molecular flexibility index (Phi) is 2.71. The summed E-state index contributed by atoms with van der Waals surface area (Å²) in [4.78, 5) is 11.3. The SMILES string of the molecule is C=C1C(=O)C=CC(C)(C)C1CCN. The van der Waals surface area contributed by atoms with Crippen molar-refractivity contribution in [3.05, 3.63) is 24.3 Å². The summed E-state index contributed by atoms with van der Waals surface area (Å²) in [5.41, 5.74) is 6.24. The molecule has 0 saturated heterocycles. The zero-order valence-corrected chi connectivity index (χ0v) is 8.34. The van der Waals surface area contributed by atoms with Crippen LogP contribution in [0.25, 0.3) is 0 Å². The van der Waals surface area contributed by atoms with Crippen molar-refractivity contribution in [1.29, 1.82) is 0 Å². The maximum atomic E-state index is 11.3. The van der Waals surface area contributed by atoms with Gasteiger partial charge >= 0.3 is 0 Å². The van der Waals surface area contributed by atoms with E-state index in [4.69, 9.17) is 5.73 Å². The van der Waals surface area contributed by atoms with Gasteiger partial charge in [-0.25, -0.2) is 0 Å². The number of hydrogen-bond donors (Lipinski definition) is 1. The second-order valence-electron chi connectivity index (χ2n) is 4.17. The molecule has 1 aliphatic rings. The molecular formula is C11H17NO. The molecule has 13 heavy (non-hydrogen) atoms. The third-order valence-corrected chi connectivity index (χ3v) is 2.75. The normalized spacial score (nSPS) is 26.5. The lowest BCUT2D eigenvalue weighted by Crippen LogP contribution is -2.31. The zero-order chi connectivity index (χ0) is 10.1. The van der Waals surface area contributed by atoms with Crippen molar-refractivity contribution in [2.75, 3.05) is 6.54 Å². The lowest BCUT2D eigenvalue weighted by atomic mass is 9.69. The van der Waals surface area contributed by atoms with E-state index in [-0.39, 0.29) is 17.1 Å². The Morgan fingerprint density at radius 2 is 2.23 bits per heavy atom. The molecule has 1 unspecified atom stereocenters. The fourth-order valence-corrected chi connectivity index (χ4v) is 1.85. The van der Waals surface area contributed by atoms with Crippen LogP contribution in [0.2, 0.25) is 0 Å². The van der Waals surface area contributed by atoms with E-state index in [0.29, 0.717) is 12.1 Å². The standard InChI is InChI=1S/C11H17NO/c1-8-9(5-7-12)11(2,3)6-4-10(8)13/h4,6,9H,1,5,7,12H2,2-3H3. The van der Waals surface area contributed by atoms with Crippen molar-refractivity contribution in [2.45, 2.75) is 20.3 Å². The number of carbonyl (C=O) groups is 1. The summed E-state index contributed by atoms with van der Waals surface area (Å²) in [7, 11) is 0. The molecule has 0 saturated carbocycles. The first kappa shape index (κ1) is 10.2. The van der Waals surface area contributed by atoms with Gasteiger partial charge in [0.25, 0.3) is 0 Å². The largest absolute Gasteiger partial charge is 0.330 e. The Bertz CT molecular complexity index is 263. The lowest BCUT2D eigenvalue weighted by molar-refractivity contribution is -0.112. The highest BCUT2D eigenvalue weighted by Crippen LogP contribution is 2.39. The van der Waals surface area contributed by atoms with Crippen LogP contribution in [-0.4, -0.2) is 12.3 Å². The first-order valence-corrected chi connectivity index (χ1v) is 4.61. The Morgan fingerprint density at radius 1 is 1.62 bits per heavy atom. The molecule has 0 aliphatic heterocycles. The summed E-state index contributed by atoms with van der Waals surface area (Å²) in [6.07, 6.45) is 4.42. The zero-order valence-electron chi connectivity index (χ0n) is 8.34. The molecule has 0 amide bonds. The first-order chi connectivity index (χ1) is 5.99. The van der Waals surface area contributed by atoms with E-state index in [1.54, 1.807) is 6.08 Å². The minimum Gasteiger partial charge on any atom is -0.330 e. The highest BCUT2D eigenvalue weighted by molar-refractivity contribution is 6.05. The van der Waals surface area contributed by atoms with Crippen LogP contribution in [0, 0.1) is 11.3 Å². The number of hydrogen-bond acceptors (Lipinski definition) is 2. The molecule has 2 nitrogen and oxygen atoms in total. The second kappa shape index (κ2) is 3.46. The molecule has 1 rings (SSSR count). The molecule has 1 atom stereocenters. The Labute approximate surface area is 79.5 Å². The van der Waals surface area contributed by atoms with Gasteiger partial charge in [-0.2, -0.15) is 0 Å². The molecule has 0 aromatic carbocycles. The van der Waals surface area contributed by atoms with E-state index >= 15 is 0 Å². The van der Waals surface area contributed by atoms with Gasteiger partial charge in [0.05, 0.1) is 0 Å². The predicted molar refractivity (Wildman–Crippen MR) is 54.2 cm³/mol. The van der Waals surface area contributed by atoms with Gasteiger partial charge in [-0.1, -0.05) is 26.5 Å². The van der Waals surface area contributed by atoms with E-state index in [1.165, 1.54) is 0 Å². The van der Waals surface area contributed by atoms with Crippen LogP contribution in [0.5, 0.6) is 0 Å². The predicted octanol–water partition coefficient (Wildman–Crippen LogP) is 1.67. The van der Waals surface area contributed by atoms with Gasteiger partial charge in [-0.05, 0) is 35.9 Å². The molecule has 1 aliphatic carbocycles. The highest BCUT2D eigenvalue weighted by Gasteiger charge is 2.34. The van der Waals surface area contributed by atoms with Gasteiger partial charge in [0.2, 0.25) is 0 Å². The van der Waals surface area contributed by atoms with Gasteiger partial charge in [0.15, 0.2) is 5.78 Å². The summed E-state index contributed by atoms with van der Waals surface area (Å²) in [6.45, 7) is 8.66. The topological polar surface area (TPSA) is 43.1 Å². The highest BCUT2D eigenvalue weighted by atomic mass is 16.1. The van der Waals surface area contributed by atoms with Crippen LogP contribution in [0.4, 0.5) is 0 Å². The van der Waals surface area contributed by atoms with Crippen molar-refractivity contribution in [1.82, 2.24) is 0 Å². The molecule has 72 valence electrons. The molecule has 0 aromatic heterocycles. The van der Waals surface area contributed by atoms with Crippen molar-refractivity contribution < 1.29 is 4.79 Å². The molecule has 0 heterocycles. The Hall–Kier alpha value is -0.890. The number of ketones is 1. The van der Waals surface area contributed by atoms with Crippen LogP contribution >= 0.6 is 0 Å². The first-order valence-electron chi connectivity index (χ1n) is 4.61. The number of allylic oxidation sites excluding steroid dienone is 3. The van der Waals surface area contributed by atoms with E-state index in [1.807, 2.05) is 6.08 Å².